The first-order chi connectivity index (χ1) is 17.2. The van der Waals surface area contributed by atoms with Crippen molar-refractivity contribution >= 4 is 34.4 Å². The van der Waals surface area contributed by atoms with E-state index in [9.17, 15) is 14.4 Å². The van der Waals surface area contributed by atoms with E-state index >= 15 is 0 Å². The number of ether oxygens (including phenoxy) is 1. The first-order valence-corrected chi connectivity index (χ1v) is 12.7. The van der Waals surface area contributed by atoms with Gasteiger partial charge in [-0.2, -0.15) is 0 Å². The molecule has 2 N–H and O–H groups in total. The van der Waals surface area contributed by atoms with Crippen LogP contribution in [0, 0.1) is 0 Å². The maximum absolute atomic E-state index is 12.9. The van der Waals surface area contributed by atoms with Crippen molar-refractivity contribution in [1.82, 2.24) is 15.2 Å². The normalized spacial score (nSPS) is 15.4. The molecule has 9 heteroatoms. The molecule has 0 radical (unpaired) electrons. The molecule has 0 spiro atoms. The maximum Gasteiger partial charge on any atom is 0.410 e. The van der Waals surface area contributed by atoms with Gasteiger partial charge in [-0.15, -0.1) is 11.3 Å². The lowest BCUT2D eigenvalue weighted by Gasteiger charge is -2.22. The zero-order valence-electron chi connectivity index (χ0n) is 20.6. The van der Waals surface area contributed by atoms with E-state index in [2.05, 4.69) is 15.6 Å². The second kappa shape index (κ2) is 10.9. The fourth-order valence-corrected chi connectivity index (χ4v) is 4.64. The van der Waals surface area contributed by atoms with Crippen LogP contribution in [0.4, 0.5) is 9.93 Å². The molecule has 3 amide bonds. The van der Waals surface area contributed by atoms with E-state index in [0.29, 0.717) is 29.4 Å². The second-order valence-corrected chi connectivity index (χ2v) is 10.6. The fraction of sp³-hybridized carbons (Fsp3) is 0.333. The summed E-state index contributed by atoms with van der Waals surface area (Å²) in [6, 6.07) is 16.0. The van der Waals surface area contributed by atoms with Crippen LogP contribution in [0.5, 0.6) is 0 Å². The highest BCUT2D eigenvalue weighted by molar-refractivity contribution is 7.14. The number of hydrogen-bond acceptors (Lipinski definition) is 6. The van der Waals surface area contributed by atoms with E-state index in [0.717, 1.165) is 17.5 Å². The van der Waals surface area contributed by atoms with Crippen LogP contribution >= 0.6 is 11.3 Å². The molecule has 188 valence electrons. The van der Waals surface area contributed by atoms with Gasteiger partial charge in [-0.3, -0.25) is 14.5 Å². The number of benzene rings is 2. The number of nitrogens with one attached hydrogen (secondary N) is 2. The summed E-state index contributed by atoms with van der Waals surface area (Å²) in [6.45, 7) is 6.44. The zero-order valence-corrected chi connectivity index (χ0v) is 21.4. The SMILES string of the molecule is CC(C)(C)NC(=O)c1ccc(-c2csc(NC(=O)C3CCCN3C(=O)OCc3ccccc3)n2)cc1. The van der Waals surface area contributed by atoms with Crippen LogP contribution in [0.15, 0.2) is 60.0 Å². The minimum absolute atomic E-state index is 0.135. The summed E-state index contributed by atoms with van der Waals surface area (Å²) in [4.78, 5) is 43.9. The van der Waals surface area contributed by atoms with Crippen LogP contribution < -0.4 is 10.6 Å². The monoisotopic (exact) mass is 506 g/mol. The van der Waals surface area contributed by atoms with Gasteiger partial charge >= 0.3 is 6.09 Å². The van der Waals surface area contributed by atoms with Crippen LogP contribution in [-0.4, -0.2) is 45.9 Å². The topological polar surface area (TPSA) is 101 Å². The highest BCUT2D eigenvalue weighted by atomic mass is 32.1. The van der Waals surface area contributed by atoms with Gasteiger partial charge in [0.15, 0.2) is 5.13 Å². The molecule has 0 bridgehead atoms. The summed E-state index contributed by atoms with van der Waals surface area (Å²) in [7, 11) is 0. The number of carbonyl (C=O) groups is 3. The lowest BCUT2D eigenvalue weighted by molar-refractivity contribution is -0.120. The molecule has 1 aliphatic rings. The molecule has 8 nitrogen and oxygen atoms in total. The Kier molecular flexibility index (Phi) is 7.69. The van der Waals surface area contributed by atoms with Gasteiger partial charge in [-0.05, 0) is 51.3 Å². The summed E-state index contributed by atoms with van der Waals surface area (Å²) < 4.78 is 5.42. The maximum atomic E-state index is 12.9. The third-order valence-corrected chi connectivity index (χ3v) is 6.42. The van der Waals surface area contributed by atoms with Crippen molar-refractivity contribution in [2.75, 3.05) is 11.9 Å². The van der Waals surface area contributed by atoms with E-state index < -0.39 is 12.1 Å². The predicted molar refractivity (Wildman–Crippen MR) is 140 cm³/mol. The summed E-state index contributed by atoms with van der Waals surface area (Å²) >= 11 is 1.31. The largest absolute Gasteiger partial charge is 0.445 e. The third kappa shape index (κ3) is 6.48. The number of nitrogens with zero attached hydrogens (tertiary/aromatic N) is 2. The van der Waals surface area contributed by atoms with Gasteiger partial charge in [0.1, 0.15) is 12.6 Å². The Balaban J connectivity index is 1.35. The summed E-state index contributed by atoms with van der Waals surface area (Å²) in [5.74, 6) is -0.414. The Hall–Kier alpha value is -3.72. The minimum atomic E-state index is -0.596. The molecule has 2 aromatic carbocycles. The number of likely N-dealkylation sites (tertiary alicyclic amines) is 1. The van der Waals surface area contributed by atoms with Gasteiger partial charge in [0, 0.05) is 28.6 Å². The van der Waals surface area contributed by atoms with Crippen LogP contribution in [-0.2, 0) is 16.1 Å². The number of hydrogen-bond donors (Lipinski definition) is 2. The van der Waals surface area contributed by atoms with Crippen LogP contribution in [0.2, 0.25) is 0 Å². The molecular weight excluding hydrogens is 476 g/mol. The molecule has 1 fully saturated rings. The average molecular weight is 507 g/mol. The van der Waals surface area contributed by atoms with Crippen LogP contribution in [0.3, 0.4) is 0 Å². The van der Waals surface area contributed by atoms with Crippen molar-refractivity contribution in [1.29, 1.82) is 0 Å². The molecule has 0 aliphatic carbocycles. The standard InChI is InChI=1S/C27H30N4O4S/c1-27(2,3)30-23(32)20-13-11-19(12-14-20)21-17-36-25(28-21)29-24(33)22-10-7-15-31(22)26(34)35-16-18-8-5-4-6-9-18/h4-6,8-9,11-14,17,22H,7,10,15-16H2,1-3H3,(H,30,32)(H,28,29,33). The quantitative estimate of drug-likeness (QED) is 0.486. The van der Waals surface area contributed by atoms with Crippen molar-refractivity contribution in [2.24, 2.45) is 0 Å². The van der Waals surface area contributed by atoms with Gasteiger partial charge in [0.05, 0.1) is 5.69 Å². The lowest BCUT2D eigenvalue weighted by Crippen LogP contribution is -2.43. The number of amides is 3. The minimum Gasteiger partial charge on any atom is -0.445 e. The van der Waals surface area contributed by atoms with Crippen molar-refractivity contribution in [3.8, 4) is 11.3 Å². The molecule has 2 heterocycles. The molecular formula is C27H30N4O4S. The molecule has 1 atom stereocenters. The Bertz CT molecular complexity index is 1220. The Morgan fingerprint density at radius 3 is 2.50 bits per heavy atom. The number of thiazole rings is 1. The molecule has 3 aromatic rings. The van der Waals surface area contributed by atoms with Gasteiger partial charge < -0.3 is 15.4 Å². The van der Waals surface area contributed by atoms with E-state index in [1.165, 1.54) is 16.2 Å². The van der Waals surface area contributed by atoms with Gasteiger partial charge in [0.25, 0.3) is 5.91 Å². The lowest BCUT2D eigenvalue weighted by atomic mass is 10.1. The van der Waals surface area contributed by atoms with E-state index in [1.807, 2.05) is 68.6 Å². The first-order valence-electron chi connectivity index (χ1n) is 11.9. The second-order valence-electron chi connectivity index (χ2n) is 9.70. The Morgan fingerprint density at radius 1 is 1.08 bits per heavy atom. The molecule has 1 aliphatic heterocycles. The zero-order chi connectivity index (χ0) is 25.7. The predicted octanol–water partition coefficient (Wildman–Crippen LogP) is 5.08. The molecule has 4 rings (SSSR count). The molecule has 36 heavy (non-hydrogen) atoms. The molecule has 1 saturated heterocycles. The average Bonchev–Trinajstić information content (AvgIpc) is 3.52. The summed E-state index contributed by atoms with van der Waals surface area (Å²) in [5, 5.41) is 8.08. The van der Waals surface area contributed by atoms with Crippen molar-refractivity contribution in [2.45, 2.75) is 51.8 Å². The van der Waals surface area contributed by atoms with E-state index in [4.69, 9.17) is 4.74 Å². The number of rotatable bonds is 6. The summed E-state index contributed by atoms with van der Waals surface area (Å²) in [5.41, 5.74) is 2.68. The smallest absolute Gasteiger partial charge is 0.410 e. The van der Waals surface area contributed by atoms with Crippen molar-refractivity contribution < 1.29 is 19.1 Å². The van der Waals surface area contributed by atoms with E-state index in [1.54, 1.807) is 12.1 Å². The van der Waals surface area contributed by atoms with E-state index in [-0.39, 0.29) is 24.0 Å². The number of aromatic nitrogens is 1. The van der Waals surface area contributed by atoms with Gasteiger partial charge in [0.2, 0.25) is 5.91 Å². The third-order valence-electron chi connectivity index (χ3n) is 5.66. The Labute approximate surface area is 214 Å². The summed E-state index contributed by atoms with van der Waals surface area (Å²) in [6.07, 6.45) is 0.811. The van der Waals surface area contributed by atoms with Crippen molar-refractivity contribution in [3.05, 3.63) is 71.1 Å². The van der Waals surface area contributed by atoms with Crippen LogP contribution in [0.25, 0.3) is 11.3 Å². The highest BCUT2D eigenvalue weighted by Gasteiger charge is 2.35. The van der Waals surface area contributed by atoms with Gasteiger partial charge in [-0.1, -0.05) is 42.5 Å². The number of anilines is 1. The highest BCUT2D eigenvalue weighted by Crippen LogP contribution is 2.27. The molecule has 0 saturated carbocycles. The molecule has 1 unspecified atom stereocenters. The van der Waals surface area contributed by atoms with Crippen molar-refractivity contribution in [3.63, 3.8) is 0 Å². The number of carbonyl (C=O) groups excluding carboxylic acids is 3. The molecule has 1 aromatic heterocycles. The van der Waals surface area contributed by atoms with Gasteiger partial charge in [-0.25, -0.2) is 9.78 Å². The fourth-order valence-electron chi connectivity index (χ4n) is 3.92. The first kappa shape index (κ1) is 25.4. The van der Waals surface area contributed by atoms with Crippen LogP contribution in [0.1, 0.15) is 49.5 Å². The Morgan fingerprint density at radius 2 is 1.81 bits per heavy atom.